The molecule has 1 saturated heterocycles. The van der Waals surface area contributed by atoms with Crippen molar-refractivity contribution in [2.45, 2.75) is 13.3 Å². The summed E-state index contributed by atoms with van der Waals surface area (Å²) < 4.78 is 0. The average molecular weight is 235 g/mol. The number of nitrogens with zero attached hydrogens (tertiary/aromatic N) is 2. The fourth-order valence-corrected chi connectivity index (χ4v) is 2.43. The summed E-state index contributed by atoms with van der Waals surface area (Å²) in [6.07, 6.45) is 1.02. The molecule has 92 valence electrons. The number of para-hydroxylation sites is 1. The molecule has 0 spiro atoms. The van der Waals surface area contributed by atoms with Crippen LogP contribution in [0.2, 0.25) is 0 Å². The minimum Gasteiger partial charge on any atom is -0.365 e. The van der Waals surface area contributed by atoms with Crippen LogP contribution in [0.15, 0.2) is 18.2 Å². The summed E-state index contributed by atoms with van der Waals surface area (Å²) >= 11 is 0. The molecule has 0 radical (unpaired) electrons. The third kappa shape index (κ3) is 2.24. The highest BCUT2D eigenvalue weighted by molar-refractivity contribution is 5.68. The zero-order valence-corrected chi connectivity index (χ0v) is 9.93. The number of hydrogen-bond acceptors (Lipinski definition) is 4. The second-order valence-corrected chi connectivity index (χ2v) is 4.54. The summed E-state index contributed by atoms with van der Waals surface area (Å²) in [7, 11) is 0. The standard InChI is InChI=1S/C12H17N3O2/c1-9-3-2-4-11(15(16)17)12(9)14-6-5-10(7-13)8-14/h2-4,10H,5-8,13H2,1H3. The van der Waals surface area contributed by atoms with Crippen molar-refractivity contribution in [1.82, 2.24) is 0 Å². The molecular weight excluding hydrogens is 218 g/mol. The molecule has 0 amide bonds. The topological polar surface area (TPSA) is 72.4 Å². The van der Waals surface area contributed by atoms with Crippen molar-refractivity contribution in [1.29, 1.82) is 0 Å². The summed E-state index contributed by atoms with van der Waals surface area (Å²) in [5.74, 6) is 0.453. The van der Waals surface area contributed by atoms with E-state index in [-0.39, 0.29) is 10.6 Å². The highest BCUT2D eigenvalue weighted by Crippen LogP contribution is 2.34. The van der Waals surface area contributed by atoms with Gasteiger partial charge in [0.15, 0.2) is 0 Å². The van der Waals surface area contributed by atoms with Crippen molar-refractivity contribution in [2.24, 2.45) is 11.7 Å². The molecule has 1 aromatic rings. The van der Waals surface area contributed by atoms with Crippen LogP contribution < -0.4 is 10.6 Å². The lowest BCUT2D eigenvalue weighted by Gasteiger charge is -2.20. The molecule has 2 N–H and O–H groups in total. The number of hydrogen-bond donors (Lipinski definition) is 1. The highest BCUT2D eigenvalue weighted by atomic mass is 16.6. The first-order valence-electron chi connectivity index (χ1n) is 5.82. The van der Waals surface area contributed by atoms with Crippen molar-refractivity contribution in [3.05, 3.63) is 33.9 Å². The molecule has 1 fully saturated rings. The summed E-state index contributed by atoms with van der Waals surface area (Å²) in [5, 5.41) is 11.0. The first kappa shape index (κ1) is 11.9. The molecule has 1 aromatic carbocycles. The van der Waals surface area contributed by atoms with Crippen molar-refractivity contribution in [3.8, 4) is 0 Å². The molecule has 1 atom stereocenters. The van der Waals surface area contributed by atoms with Gasteiger partial charge in [-0.05, 0) is 31.4 Å². The van der Waals surface area contributed by atoms with Crippen LogP contribution in [0.5, 0.6) is 0 Å². The number of rotatable bonds is 3. The van der Waals surface area contributed by atoms with E-state index in [1.54, 1.807) is 12.1 Å². The molecule has 0 aromatic heterocycles. The lowest BCUT2D eigenvalue weighted by atomic mass is 10.1. The Morgan fingerprint density at radius 2 is 2.35 bits per heavy atom. The number of nitro groups is 1. The zero-order valence-electron chi connectivity index (χ0n) is 9.93. The van der Waals surface area contributed by atoms with E-state index in [4.69, 9.17) is 5.73 Å². The maximum absolute atomic E-state index is 11.0. The van der Waals surface area contributed by atoms with E-state index in [1.165, 1.54) is 0 Å². The summed E-state index contributed by atoms with van der Waals surface area (Å²) in [6, 6.07) is 5.21. The Labute approximate surface area is 100 Å². The van der Waals surface area contributed by atoms with Gasteiger partial charge < -0.3 is 10.6 Å². The van der Waals surface area contributed by atoms with Gasteiger partial charge in [-0.25, -0.2) is 0 Å². The second-order valence-electron chi connectivity index (χ2n) is 4.54. The van der Waals surface area contributed by atoms with Crippen molar-refractivity contribution in [2.75, 3.05) is 24.5 Å². The van der Waals surface area contributed by atoms with Gasteiger partial charge in [0.1, 0.15) is 5.69 Å². The Kier molecular flexibility index (Phi) is 3.28. The van der Waals surface area contributed by atoms with Crippen LogP contribution in [0.1, 0.15) is 12.0 Å². The molecule has 1 unspecified atom stereocenters. The first-order chi connectivity index (χ1) is 8.13. The molecule has 0 aliphatic carbocycles. The number of benzene rings is 1. The van der Waals surface area contributed by atoms with E-state index in [9.17, 15) is 10.1 Å². The largest absolute Gasteiger partial charge is 0.365 e. The van der Waals surface area contributed by atoms with Gasteiger partial charge in [-0.1, -0.05) is 12.1 Å². The van der Waals surface area contributed by atoms with E-state index in [0.717, 1.165) is 30.8 Å². The van der Waals surface area contributed by atoms with Gasteiger partial charge in [0.05, 0.1) is 4.92 Å². The van der Waals surface area contributed by atoms with Crippen molar-refractivity contribution in [3.63, 3.8) is 0 Å². The number of nitro benzene ring substituents is 1. The fraction of sp³-hybridized carbons (Fsp3) is 0.500. The van der Waals surface area contributed by atoms with Crippen LogP contribution in [0.25, 0.3) is 0 Å². The number of aryl methyl sites for hydroxylation is 1. The van der Waals surface area contributed by atoms with Crippen LogP contribution in [0, 0.1) is 23.0 Å². The van der Waals surface area contributed by atoms with Gasteiger partial charge in [0.2, 0.25) is 0 Å². The predicted molar refractivity (Wildman–Crippen MR) is 67.2 cm³/mol. The Morgan fingerprint density at radius 3 is 2.94 bits per heavy atom. The first-order valence-corrected chi connectivity index (χ1v) is 5.82. The van der Waals surface area contributed by atoms with E-state index in [1.807, 2.05) is 13.0 Å². The molecule has 0 bridgehead atoms. The van der Waals surface area contributed by atoms with Gasteiger partial charge >= 0.3 is 0 Å². The Morgan fingerprint density at radius 1 is 1.59 bits per heavy atom. The Balaban J connectivity index is 2.34. The third-order valence-electron chi connectivity index (χ3n) is 3.35. The second kappa shape index (κ2) is 4.71. The van der Waals surface area contributed by atoms with Crippen molar-refractivity contribution >= 4 is 11.4 Å². The predicted octanol–water partition coefficient (Wildman–Crippen LogP) is 1.69. The van der Waals surface area contributed by atoms with Gasteiger partial charge in [-0.2, -0.15) is 0 Å². The molecule has 17 heavy (non-hydrogen) atoms. The van der Waals surface area contributed by atoms with Crippen LogP contribution in [-0.2, 0) is 0 Å². The normalized spacial score (nSPS) is 19.6. The quantitative estimate of drug-likeness (QED) is 0.639. The lowest BCUT2D eigenvalue weighted by Crippen LogP contribution is -2.24. The Bertz CT molecular complexity index is 434. The van der Waals surface area contributed by atoms with E-state index in [0.29, 0.717) is 12.5 Å². The minimum absolute atomic E-state index is 0.197. The van der Waals surface area contributed by atoms with Crippen LogP contribution in [-0.4, -0.2) is 24.6 Å². The van der Waals surface area contributed by atoms with Crippen LogP contribution in [0.3, 0.4) is 0 Å². The van der Waals surface area contributed by atoms with Gasteiger partial charge in [0.25, 0.3) is 5.69 Å². The molecule has 1 aliphatic heterocycles. The molecule has 1 aliphatic rings. The molecule has 1 heterocycles. The SMILES string of the molecule is Cc1cccc([N+](=O)[O-])c1N1CCC(CN)C1. The maximum atomic E-state index is 11.0. The highest BCUT2D eigenvalue weighted by Gasteiger charge is 2.27. The van der Waals surface area contributed by atoms with E-state index >= 15 is 0 Å². The molecule has 2 rings (SSSR count). The van der Waals surface area contributed by atoms with Gasteiger partial charge in [0, 0.05) is 19.2 Å². The monoisotopic (exact) mass is 235 g/mol. The van der Waals surface area contributed by atoms with E-state index in [2.05, 4.69) is 4.90 Å². The minimum atomic E-state index is -0.307. The Hall–Kier alpha value is -1.62. The zero-order chi connectivity index (χ0) is 12.4. The lowest BCUT2D eigenvalue weighted by molar-refractivity contribution is -0.384. The van der Waals surface area contributed by atoms with Crippen LogP contribution in [0.4, 0.5) is 11.4 Å². The summed E-state index contributed by atoms with van der Waals surface area (Å²) in [5.41, 5.74) is 7.56. The van der Waals surface area contributed by atoms with Crippen molar-refractivity contribution < 1.29 is 4.92 Å². The molecular formula is C12H17N3O2. The number of nitrogens with two attached hydrogens (primary N) is 1. The van der Waals surface area contributed by atoms with E-state index < -0.39 is 0 Å². The molecule has 0 saturated carbocycles. The molecule has 5 nitrogen and oxygen atoms in total. The summed E-state index contributed by atoms with van der Waals surface area (Å²) in [6.45, 7) is 4.24. The fourth-order valence-electron chi connectivity index (χ4n) is 2.43. The summed E-state index contributed by atoms with van der Waals surface area (Å²) in [4.78, 5) is 12.8. The third-order valence-corrected chi connectivity index (χ3v) is 3.35. The van der Waals surface area contributed by atoms with Gasteiger partial charge in [-0.15, -0.1) is 0 Å². The average Bonchev–Trinajstić information content (AvgIpc) is 2.76. The number of anilines is 1. The maximum Gasteiger partial charge on any atom is 0.292 e. The van der Waals surface area contributed by atoms with Gasteiger partial charge in [-0.3, -0.25) is 10.1 Å². The molecule has 5 heteroatoms. The van der Waals surface area contributed by atoms with Crippen LogP contribution >= 0.6 is 0 Å². The smallest absolute Gasteiger partial charge is 0.292 e.